The first-order chi connectivity index (χ1) is 8.66. The molecule has 96 valence electrons. The Balaban J connectivity index is 1.83. The van der Waals surface area contributed by atoms with Crippen LogP contribution in [0.1, 0.15) is 5.56 Å². The third-order valence-corrected chi connectivity index (χ3v) is 2.36. The van der Waals surface area contributed by atoms with Crippen LogP contribution in [0.4, 0.5) is 13.2 Å². The predicted octanol–water partition coefficient (Wildman–Crippen LogP) is 1.49. The summed E-state index contributed by atoms with van der Waals surface area (Å²) in [6.07, 6.45) is 3.27. The molecular weight excluding hydrogens is 245 g/mol. The molecule has 1 N–H and O–H groups in total. The maximum absolute atomic E-state index is 12.9. The van der Waals surface area contributed by atoms with Gasteiger partial charge in [0, 0.05) is 19.3 Å². The molecule has 0 atom stereocenters. The topological polar surface area (TPSA) is 42.7 Å². The lowest BCUT2D eigenvalue weighted by atomic mass is 10.2. The SMILES string of the molecule is Fc1cc(CNCCn2ccnn2)cc(F)c1F. The Bertz CT molecular complexity index is 490. The summed E-state index contributed by atoms with van der Waals surface area (Å²) in [6, 6.07) is 1.95. The quantitative estimate of drug-likeness (QED) is 0.651. The third kappa shape index (κ3) is 3.07. The van der Waals surface area contributed by atoms with E-state index in [1.54, 1.807) is 17.1 Å². The third-order valence-electron chi connectivity index (χ3n) is 2.36. The van der Waals surface area contributed by atoms with Crippen molar-refractivity contribution in [3.8, 4) is 0 Å². The van der Waals surface area contributed by atoms with Crippen LogP contribution in [-0.4, -0.2) is 21.5 Å². The minimum Gasteiger partial charge on any atom is -0.311 e. The van der Waals surface area contributed by atoms with Gasteiger partial charge in [-0.1, -0.05) is 5.21 Å². The lowest BCUT2D eigenvalue weighted by Gasteiger charge is -2.06. The smallest absolute Gasteiger partial charge is 0.194 e. The molecule has 1 aromatic heterocycles. The zero-order valence-electron chi connectivity index (χ0n) is 9.41. The van der Waals surface area contributed by atoms with Crippen molar-refractivity contribution < 1.29 is 13.2 Å². The number of hydrogen-bond donors (Lipinski definition) is 1. The number of rotatable bonds is 5. The van der Waals surface area contributed by atoms with Gasteiger partial charge in [-0.05, 0) is 17.7 Å². The highest BCUT2D eigenvalue weighted by Crippen LogP contribution is 2.13. The van der Waals surface area contributed by atoms with Crippen LogP contribution < -0.4 is 5.32 Å². The van der Waals surface area contributed by atoms with Crippen molar-refractivity contribution in [2.24, 2.45) is 0 Å². The van der Waals surface area contributed by atoms with Gasteiger partial charge in [-0.25, -0.2) is 13.2 Å². The van der Waals surface area contributed by atoms with Gasteiger partial charge < -0.3 is 5.32 Å². The summed E-state index contributed by atoms with van der Waals surface area (Å²) in [4.78, 5) is 0. The molecule has 0 amide bonds. The first kappa shape index (κ1) is 12.6. The van der Waals surface area contributed by atoms with Crippen LogP contribution >= 0.6 is 0 Å². The maximum Gasteiger partial charge on any atom is 0.194 e. The van der Waals surface area contributed by atoms with E-state index in [2.05, 4.69) is 15.6 Å². The number of nitrogens with zero attached hydrogens (tertiary/aromatic N) is 3. The van der Waals surface area contributed by atoms with E-state index in [1.165, 1.54) is 0 Å². The molecule has 1 aromatic carbocycles. The molecule has 18 heavy (non-hydrogen) atoms. The molecule has 1 heterocycles. The highest BCUT2D eigenvalue weighted by Gasteiger charge is 2.09. The standard InChI is InChI=1S/C11H11F3N4/c12-9-5-8(6-10(13)11(9)14)7-15-1-3-18-4-2-16-17-18/h2,4-6,15H,1,3,7H2. The second-order valence-corrected chi connectivity index (χ2v) is 3.72. The molecule has 0 fully saturated rings. The fourth-order valence-corrected chi connectivity index (χ4v) is 1.49. The van der Waals surface area contributed by atoms with Gasteiger partial charge >= 0.3 is 0 Å². The molecule has 0 aliphatic carbocycles. The van der Waals surface area contributed by atoms with E-state index in [4.69, 9.17) is 0 Å². The summed E-state index contributed by atoms with van der Waals surface area (Å²) in [5.74, 6) is -3.80. The summed E-state index contributed by atoms with van der Waals surface area (Å²) in [7, 11) is 0. The van der Waals surface area contributed by atoms with Crippen molar-refractivity contribution in [3.05, 3.63) is 47.5 Å². The molecule has 2 rings (SSSR count). The normalized spacial score (nSPS) is 10.8. The molecule has 0 saturated carbocycles. The van der Waals surface area contributed by atoms with Crippen LogP contribution in [0.25, 0.3) is 0 Å². The van der Waals surface area contributed by atoms with Crippen LogP contribution in [0.3, 0.4) is 0 Å². The second-order valence-electron chi connectivity index (χ2n) is 3.72. The molecular formula is C11H11F3N4. The first-order valence-corrected chi connectivity index (χ1v) is 5.35. The van der Waals surface area contributed by atoms with Gasteiger partial charge in [0.15, 0.2) is 17.5 Å². The Morgan fingerprint density at radius 1 is 1.17 bits per heavy atom. The van der Waals surface area contributed by atoms with Gasteiger partial charge in [-0.2, -0.15) is 0 Å². The molecule has 0 aliphatic rings. The molecule has 0 bridgehead atoms. The van der Waals surface area contributed by atoms with Gasteiger partial charge in [0.25, 0.3) is 0 Å². The second kappa shape index (κ2) is 5.63. The predicted molar refractivity (Wildman–Crippen MR) is 58.0 cm³/mol. The van der Waals surface area contributed by atoms with E-state index in [9.17, 15) is 13.2 Å². The molecule has 7 heteroatoms. The lowest BCUT2D eigenvalue weighted by Crippen LogP contribution is -2.20. The van der Waals surface area contributed by atoms with Gasteiger partial charge in [-0.15, -0.1) is 5.10 Å². The van der Waals surface area contributed by atoms with E-state index in [0.717, 1.165) is 12.1 Å². The molecule has 2 aromatic rings. The van der Waals surface area contributed by atoms with Crippen LogP contribution in [-0.2, 0) is 13.1 Å². The molecule has 0 aliphatic heterocycles. The zero-order valence-corrected chi connectivity index (χ0v) is 9.41. The highest BCUT2D eigenvalue weighted by atomic mass is 19.2. The summed E-state index contributed by atoms with van der Waals surface area (Å²) in [5, 5.41) is 10.4. The summed E-state index contributed by atoms with van der Waals surface area (Å²) in [6.45, 7) is 1.40. The van der Waals surface area contributed by atoms with E-state index < -0.39 is 17.5 Å². The summed E-state index contributed by atoms with van der Waals surface area (Å²) < 4.78 is 40.1. The summed E-state index contributed by atoms with van der Waals surface area (Å²) in [5.41, 5.74) is 0.352. The minimum absolute atomic E-state index is 0.253. The molecule has 0 saturated heterocycles. The monoisotopic (exact) mass is 256 g/mol. The summed E-state index contributed by atoms with van der Waals surface area (Å²) >= 11 is 0. The minimum atomic E-state index is -1.44. The Labute approximate surface area is 101 Å². The van der Waals surface area contributed by atoms with Gasteiger partial charge in [0.2, 0.25) is 0 Å². The van der Waals surface area contributed by atoms with E-state index >= 15 is 0 Å². The molecule has 0 radical (unpaired) electrons. The van der Waals surface area contributed by atoms with Crippen molar-refractivity contribution in [3.63, 3.8) is 0 Å². The van der Waals surface area contributed by atoms with Gasteiger partial charge in [0.1, 0.15) is 0 Å². The Hall–Kier alpha value is -1.89. The van der Waals surface area contributed by atoms with Crippen LogP contribution in [0.5, 0.6) is 0 Å². The average Bonchev–Trinajstić information content (AvgIpc) is 2.84. The van der Waals surface area contributed by atoms with Crippen molar-refractivity contribution in [2.75, 3.05) is 6.54 Å². The number of benzene rings is 1. The zero-order chi connectivity index (χ0) is 13.0. The Morgan fingerprint density at radius 3 is 2.50 bits per heavy atom. The van der Waals surface area contributed by atoms with Crippen LogP contribution in [0.2, 0.25) is 0 Å². The Kier molecular flexibility index (Phi) is 3.93. The average molecular weight is 256 g/mol. The molecule has 0 spiro atoms. The van der Waals surface area contributed by atoms with Crippen molar-refractivity contribution in [2.45, 2.75) is 13.1 Å². The fraction of sp³-hybridized carbons (Fsp3) is 0.273. The van der Waals surface area contributed by atoms with Gasteiger partial charge in [0.05, 0.1) is 12.7 Å². The fourth-order valence-electron chi connectivity index (χ4n) is 1.49. The number of aromatic nitrogens is 3. The highest BCUT2D eigenvalue weighted by molar-refractivity contribution is 5.19. The largest absolute Gasteiger partial charge is 0.311 e. The molecule has 4 nitrogen and oxygen atoms in total. The maximum atomic E-state index is 12.9. The Morgan fingerprint density at radius 2 is 1.89 bits per heavy atom. The van der Waals surface area contributed by atoms with Crippen molar-refractivity contribution >= 4 is 0 Å². The lowest BCUT2D eigenvalue weighted by molar-refractivity contribution is 0.444. The van der Waals surface area contributed by atoms with E-state index in [-0.39, 0.29) is 6.54 Å². The number of halogens is 3. The van der Waals surface area contributed by atoms with Gasteiger partial charge in [-0.3, -0.25) is 4.68 Å². The number of nitrogens with one attached hydrogen (secondary N) is 1. The first-order valence-electron chi connectivity index (χ1n) is 5.35. The number of hydrogen-bond acceptors (Lipinski definition) is 3. The van der Waals surface area contributed by atoms with E-state index in [0.29, 0.717) is 18.7 Å². The van der Waals surface area contributed by atoms with Crippen molar-refractivity contribution in [1.82, 2.24) is 20.3 Å². The van der Waals surface area contributed by atoms with Crippen LogP contribution in [0, 0.1) is 17.5 Å². The molecule has 0 unspecified atom stereocenters. The van der Waals surface area contributed by atoms with E-state index in [1.807, 2.05) is 0 Å². The van der Waals surface area contributed by atoms with Crippen LogP contribution in [0.15, 0.2) is 24.5 Å². The van der Waals surface area contributed by atoms with Crippen molar-refractivity contribution in [1.29, 1.82) is 0 Å².